The first-order chi connectivity index (χ1) is 10.2. The van der Waals surface area contributed by atoms with Crippen LogP contribution >= 0.6 is 0 Å². The van der Waals surface area contributed by atoms with Crippen LogP contribution in [0.5, 0.6) is 0 Å². The summed E-state index contributed by atoms with van der Waals surface area (Å²) in [6, 6.07) is 7.63. The van der Waals surface area contributed by atoms with Gasteiger partial charge in [0.1, 0.15) is 6.54 Å². The summed E-state index contributed by atoms with van der Waals surface area (Å²) >= 11 is 0. The summed E-state index contributed by atoms with van der Waals surface area (Å²) in [5, 5.41) is 11.7. The summed E-state index contributed by atoms with van der Waals surface area (Å²) in [6.45, 7) is 4.00. The average Bonchev–Trinajstić information content (AvgIpc) is 3.08. The zero-order chi connectivity index (χ0) is 14.8. The van der Waals surface area contributed by atoms with Gasteiger partial charge in [0.25, 0.3) is 0 Å². The van der Waals surface area contributed by atoms with Crippen molar-refractivity contribution in [2.24, 2.45) is 0 Å². The number of hydrogen-bond acceptors (Lipinski definition) is 6. The second-order valence-electron chi connectivity index (χ2n) is 4.62. The van der Waals surface area contributed by atoms with Gasteiger partial charge in [0.2, 0.25) is 11.8 Å². The molecule has 0 bridgehead atoms. The number of benzene rings is 1. The maximum absolute atomic E-state index is 11.8. The summed E-state index contributed by atoms with van der Waals surface area (Å²) in [7, 11) is 0. The molecule has 3 rings (SSSR count). The van der Waals surface area contributed by atoms with Crippen molar-refractivity contribution in [1.82, 2.24) is 19.9 Å². The monoisotopic (exact) mass is 286 g/mol. The molecule has 3 aromatic rings. The zero-order valence-electron chi connectivity index (χ0n) is 11.7. The number of hydrogen-bond donors (Lipinski definition) is 0. The zero-order valence-corrected chi connectivity index (χ0v) is 11.7. The fraction of sp³-hybridized carbons (Fsp3) is 0.286. The van der Waals surface area contributed by atoms with Gasteiger partial charge in [0.05, 0.1) is 0 Å². The highest BCUT2D eigenvalue weighted by molar-refractivity contribution is 5.59. The molecule has 0 aliphatic heterocycles. The summed E-state index contributed by atoms with van der Waals surface area (Å²) in [5.74, 6) is 0.790. The van der Waals surface area contributed by atoms with Crippen LogP contribution in [0.3, 0.4) is 0 Å². The number of aryl methyl sites for hydroxylation is 2. The second-order valence-corrected chi connectivity index (χ2v) is 4.62. The van der Waals surface area contributed by atoms with Gasteiger partial charge in [-0.2, -0.15) is 0 Å². The van der Waals surface area contributed by atoms with Gasteiger partial charge < -0.3 is 4.42 Å². The van der Waals surface area contributed by atoms with Crippen LogP contribution < -0.4 is 5.76 Å². The van der Waals surface area contributed by atoms with Crippen LogP contribution in [0.15, 0.2) is 38.0 Å². The van der Waals surface area contributed by atoms with Crippen molar-refractivity contribution >= 4 is 0 Å². The van der Waals surface area contributed by atoms with E-state index in [1.165, 1.54) is 4.57 Å². The van der Waals surface area contributed by atoms with Crippen LogP contribution in [0.4, 0.5) is 0 Å². The Hall–Kier alpha value is -2.70. The lowest BCUT2D eigenvalue weighted by Gasteiger charge is -2.04. The van der Waals surface area contributed by atoms with Crippen molar-refractivity contribution in [3.8, 4) is 11.4 Å². The predicted molar refractivity (Wildman–Crippen MR) is 73.7 cm³/mol. The molecular formula is C14H14N4O3. The second kappa shape index (κ2) is 5.35. The topological polar surface area (TPSA) is 87.0 Å². The van der Waals surface area contributed by atoms with E-state index < -0.39 is 5.76 Å². The molecule has 2 heterocycles. The number of rotatable bonds is 4. The van der Waals surface area contributed by atoms with Crippen molar-refractivity contribution in [3.63, 3.8) is 0 Å². The Balaban J connectivity index is 2.01. The smallest absolute Gasteiger partial charge is 0.423 e. The lowest BCUT2D eigenvalue weighted by molar-refractivity contribution is 0.371. The summed E-state index contributed by atoms with van der Waals surface area (Å²) in [4.78, 5) is 11.8. The number of nitrogens with zero attached hydrogens (tertiary/aromatic N) is 4. The molecule has 1 aromatic carbocycles. The molecule has 0 atom stereocenters. The SMILES string of the molecule is CCc1nnc(Cn2c(-c3ccccc3C)noc2=O)o1. The highest BCUT2D eigenvalue weighted by Gasteiger charge is 2.17. The molecule has 7 nitrogen and oxygen atoms in total. The van der Waals surface area contributed by atoms with Crippen LogP contribution in [0, 0.1) is 6.92 Å². The molecule has 0 aliphatic carbocycles. The molecule has 7 heteroatoms. The summed E-state index contributed by atoms with van der Waals surface area (Å²) < 4.78 is 11.6. The molecular weight excluding hydrogens is 272 g/mol. The highest BCUT2D eigenvalue weighted by atomic mass is 16.5. The molecule has 0 saturated carbocycles. The molecule has 0 amide bonds. The largest absolute Gasteiger partial charge is 0.442 e. The predicted octanol–water partition coefficient (Wildman–Crippen LogP) is 1.81. The van der Waals surface area contributed by atoms with E-state index in [1.54, 1.807) is 0 Å². The average molecular weight is 286 g/mol. The highest BCUT2D eigenvalue weighted by Crippen LogP contribution is 2.20. The third-order valence-corrected chi connectivity index (χ3v) is 3.18. The maximum atomic E-state index is 11.8. The normalized spacial score (nSPS) is 11.0. The molecule has 108 valence electrons. The van der Waals surface area contributed by atoms with E-state index in [1.807, 2.05) is 38.1 Å². The van der Waals surface area contributed by atoms with Crippen LogP contribution in [0.2, 0.25) is 0 Å². The van der Waals surface area contributed by atoms with Gasteiger partial charge in [0, 0.05) is 12.0 Å². The lowest BCUT2D eigenvalue weighted by Crippen LogP contribution is -2.16. The molecule has 0 saturated heterocycles. The van der Waals surface area contributed by atoms with E-state index in [2.05, 4.69) is 15.4 Å². The Kier molecular flexibility index (Phi) is 3.39. The molecule has 0 fully saturated rings. The van der Waals surface area contributed by atoms with Gasteiger partial charge in [-0.05, 0) is 12.5 Å². The molecule has 0 aliphatic rings. The standard InChI is InChI=1S/C14H14N4O3/c1-3-11-15-16-12(20-11)8-18-13(17-21-14(18)19)10-7-5-4-6-9(10)2/h4-7H,3,8H2,1-2H3. The van der Waals surface area contributed by atoms with Crippen LogP contribution in [0.1, 0.15) is 24.3 Å². The Bertz CT molecular complexity index is 815. The summed E-state index contributed by atoms with van der Waals surface area (Å²) in [5.41, 5.74) is 1.83. The first-order valence-electron chi connectivity index (χ1n) is 6.62. The van der Waals surface area contributed by atoms with Crippen LogP contribution in [-0.4, -0.2) is 19.9 Å². The van der Waals surface area contributed by atoms with Crippen LogP contribution in [-0.2, 0) is 13.0 Å². The van der Waals surface area contributed by atoms with Gasteiger partial charge in [-0.3, -0.25) is 4.52 Å². The van der Waals surface area contributed by atoms with E-state index in [4.69, 9.17) is 8.94 Å². The van der Waals surface area contributed by atoms with Gasteiger partial charge in [-0.25, -0.2) is 9.36 Å². The van der Waals surface area contributed by atoms with Crippen LogP contribution in [0.25, 0.3) is 11.4 Å². The minimum Gasteiger partial charge on any atom is -0.423 e. The van der Waals surface area contributed by atoms with E-state index in [0.29, 0.717) is 24.0 Å². The van der Waals surface area contributed by atoms with Gasteiger partial charge in [0.15, 0.2) is 5.82 Å². The first kappa shape index (κ1) is 13.3. The third kappa shape index (κ3) is 2.49. The summed E-state index contributed by atoms with van der Waals surface area (Å²) in [6.07, 6.45) is 0.649. The van der Waals surface area contributed by atoms with Gasteiger partial charge in [-0.1, -0.05) is 36.3 Å². The Morgan fingerprint density at radius 1 is 1.19 bits per heavy atom. The van der Waals surface area contributed by atoms with E-state index >= 15 is 0 Å². The van der Waals surface area contributed by atoms with Gasteiger partial charge >= 0.3 is 5.76 Å². The lowest BCUT2D eigenvalue weighted by atomic mass is 10.1. The Labute approximate surface area is 120 Å². The van der Waals surface area contributed by atoms with Gasteiger partial charge in [-0.15, -0.1) is 10.2 Å². The van der Waals surface area contributed by atoms with Crippen molar-refractivity contribution in [3.05, 3.63) is 52.2 Å². The fourth-order valence-corrected chi connectivity index (χ4v) is 2.06. The molecule has 2 aromatic heterocycles. The molecule has 0 radical (unpaired) electrons. The quantitative estimate of drug-likeness (QED) is 0.727. The minimum absolute atomic E-state index is 0.138. The van der Waals surface area contributed by atoms with E-state index in [-0.39, 0.29) is 6.54 Å². The molecule has 0 N–H and O–H groups in total. The van der Waals surface area contributed by atoms with E-state index in [9.17, 15) is 4.79 Å². The first-order valence-corrected chi connectivity index (χ1v) is 6.62. The van der Waals surface area contributed by atoms with Crippen molar-refractivity contribution in [2.75, 3.05) is 0 Å². The third-order valence-electron chi connectivity index (χ3n) is 3.18. The Morgan fingerprint density at radius 2 is 1.95 bits per heavy atom. The number of aromatic nitrogens is 4. The van der Waals surface area contributed by atoms with E-state index in [0.717, 1.165) is 11.1 Å². The molecule has 0 spiro atoms. The molecule has 0 unspecified atom stereocenters. The van der Waals surface area contributed by atoms with Crippen molar-refractivity contribution < 1.29 is 8.94 Å². The Morgan fingerprint density at radius 3 is 2.67 bits per heavy atom. The minimum atomic E-state index is -0.551. The van der Waals surface area contributed by atoms with Crippen molar-refractivity contribution in [1.29, 1.82) is 0 Å². The maximum Gasteiger partial charge on any atom is 0.442 e. The van der Waals surface area contributed by atoms with Crippen molar-refractivity contribution in [2.45, 2.75) is 26.8 Å². The fourth-order valence-electron chi connectivity index (χ4n) is 2.06. The molecule has 21 heavy (non-hydrogen) atoms.